The molecule has 0 saturated carbocycles. The average Bonchev–Trinajstić information content (AvgIpc) is 3.38. The zero-order valence-corrected chi connectivity index (χ0v) is 48.4. The number of amides is 1. The highest BCUT2D eigenvalue weighted by atomic mass is 16.5. The van der Waals surface area contributed by atoms with Crippen LogP contribution in [0.4, 0.5) is 0 Å². The summed E-state index contributed by atoms with van der Waals surface area (Å²) in [4.78, 5) is 24.5. The molecule has 2 atom stereocenters. The highest BCUT2D eigenvalue weighted by molar-refractivity contribution is 5.76. The monoisotopic (exact) mass is 1010 g/mol. The maximum atomic E-state index is 12.4. The number of carbonyl (C=O) groups excluding carboxylic acids is 2. The van der Waals surface area contributed by atoms with Crippen LogP contribution in [-0.4, -0.2) is 47.4 Å². The number of unbranched alkanes of at least 4 members (excludes halogenated alkanes) is 45. The zero-order valence-electron chi connectivity index (χ0n) is 48.4. The Morgan fingerprint density at radius 2 is 0.653 bits per heavy atom. The summed E-state index contributed by atoms with van der Waals surface area (Å²) in [6.07, 6.45) is 77.7. The number of hydrogen-bond acceptors (Lipinski definition) is 5. The normalized spacial score (nSPS) is 12.8. The fourth-order valence-electron chi connectivity index (χ4n) is 9.92. The Kier molecular flexibility index (Phi) is 60.0. The van der Waals surface area contributed by atoms with Crippen LogP contribution in [0.5, 0.6) is 0 Å². The molecule has 0 bridgehead atoms. The van der Waals surface area contributed by atoms with Crippen molar-refractivity contribution in [3.63, 3.8) is 0 Å². The number of rotatable bonds is 60. The molecule has 0 aliphatic heterocycles. The highest BCUT2D eigenvalue weighted by Gasteiger charge is 2.18. The molecular formula is C66H125NO5. The van der Waals surface area contributed by atoms with Crippen molar-refractivity contribution in [1.29, 1.82) is 0 Å². The third kappa shape index (κ3) is 57.4. The van der Waals surface area contributed by atoms with Gasteiger partial charge in [-0.3, -0.25) is 9.59 Å². The molecule has 0 fully saturated rings. The lowest BCUT2D eigenvalue weighted by Crippen LogP contribution is -2.45. The van der Waals surface area contributed by atoms with Gasteiger partial charge in [0.2, 0.25) is 5.91 Å². The summed E-state index contributed by atoms with van der Waals surface area (Å²) in [6, 6.07) is -0.628. The van der Waals surface area contributed by atoms with Crippen LogP contribution in [0.15, 0.2) is 36.5 Å². The van der Waals surface area contributed by atoms with Crippen molar-refractivity contribution in [2.75, 3.05) is 13.2 Å². The van der Waals surface area contributed by atoms with Gasteiger partial charge >= 0.3 is 5.97 Å². The topological polar surface area (TPSA) is 95.9 Å². The molecule has 0 aromatic rings. The highest BCUT2D eigenvalue weighted by Crippen LogP contribution is 2.17. The minimum Gasteiger partial charge on any atom is -0.466 e. The Morgan fingerprint density at radius 1 is 0.375 bits per heavy atom. The van der Waals surface area contributed by atoms with Gasteiger partial charge in [0.15, 0.2) is 0 Å². The molecule has 0 aromatic heterocycles. The van der Waals surface area contributed by atoms with Crippen LogP contribution in [0.25, 0.3) is 0 Å². The van der Waals surface area contributed by atoms with Gasteiger partial charge < -0.3 is 20.3 Å². The van der Waals surface area contributed by atoms with Crippen molar-refractivity contribution >= 4 is 11.9 Å². The Labute approximate surface area is 449 Å². The predicted molar refractivity (Wildman–Crippen MR) is 315 cm³/mol. The first kappa shape index (κ1) is 70.1. The Hall–Kier alpha value is -1.92. The number of nitrogens with one attached hydrogen (secondary N) is 1. The predicted octanol–water partition coefficient (Wildman–Crippen LogP) is 20.4. The van der Waals surface area contributed by atoms with E-state index in [4.69, 9.17) is 4.74 Å². The fraction of sp³-hybridized carbons (Fsp3) is 0.879. The molecule has 0 aliphatic carbocycles. The summed E-state index contributed by atoms with van der Waals surface area (Å²) in [7, 11) is 0. The van der Waals surface area contributed by atoms with E-state index in [0.29, 0.717) is 19.4 Å². The molecule has 0 rings (SSSR count). The second-order valence-electron chi connectivity index (χ2n) is 22.1. The zero-order chi connectivity index (χ0) is 52.2. The quantitative estimate of drug-likeness (QED) is 0.0320. The third-order valence-electron chi connectivity index (χ3n) is 14.9. The first-order chi connectivity index (χ1) is 35.5. The lowest BCUT2D eigenvalue weighted by Gasteiger charge is -2.20. The van der Waals surface area contributed by atoms with Gasteiger partial charge in [0.1, 0.15) is 0 Å². The summed E-state index contributed by atoms with van der Waals surface area (Å²) in [5.41, 5.74) is 0. The van der Waals surface area contributed by atoms with Crippen molar-refractivity contribution in [3.8, 4) is 0 Å². The minimum absolute atomic E-state index is 0.0110. The lowest BCUT2D eigenvalue weighted by molar-refractivity contribution is -0.143. The molecule has 1 amide bonds. The molecule has 424 valence electrons. The molecule has 0 aromatic carbocycles. The van der Waals surface area contributed by atoms with Gasteiger partial charge in [0.25, 0.3) is 0 Å². The molecule has 0 aliphatic rings. The summed E-state index contributed by atoms with van der Waals surface area (Å²) < 4.78 is 5.50. The molecule has 0 radical (unpaired) electrons. The van der Waals surface area contributed by atoms with Gasteiger partial charge in [-0.25, -0.2) is 0 Å². The van der Waals surface area contributed by atoms with E-state index in [1.165, 1.54) is 276 Å². The maximum Gasteiger partial charge on any atom is 0.305 e. The summed E-state index contributed by atoms with van der Waals surface area (Å²) in [6.45, 7) is 4.90. The maximum absolute atomic E-state index is 12.4. The fourth-order valence-corrected chi connectivity index (χ4v) is 9.92. The molecule has 6 nitrogen and oxygen atoms in total. The van der Waals surface area contributed by atoms with Crippen LogP contribution >= 0.6 is 0 Å². The molecule has 0 spiro atoms. The van der Waals surface area contributed by atoms with E-state index in [9.17, 15) is 19.8 Å². The van der Waals surface area contributed by atoms with Crippen LogP contribution < -0.4 is 5.32 Å². The van der Waals surface area contributed by atoms with Gasteiger partial charge in [-0.05, 0) is 83.5 Å². The standard InChI is InChI=1S/C66H125NO5/c1-3-5-7-9-11-13-15-16-17-18-30-33-36-40-44-48-52-56-60-66(71)72-61-57-53-49-45-41-37-34-31-28-26-24-22-20-19-21-23-25-27-29-32-35-39-43-47-51-55-59-65(70)67-63(62-68)64(69)58-54-50-46-42-38-14-12-10-8-6-4-2/h17-19,21,54,58,63-64,68-69H,3-16,20,22-53,55-57,59-62H2,1-2H3,(H,67,70)/b18-17-,21-19-,58-54+. The van der Waals surface area contributed by atoms with Gasteiger partial charge in [-0.15, -0.1) is 0 Å². The minimum atomic E-state index is -0.844. The molecule has 72 heavy (non-hydrogen) atoms. The van der Waals surface area contributed by atoms with E-state index in [-0.39, 0.29) is 18.5 Å². The SMILES string of the molecule is CCCCCCCCC/C=C\CCCCCCCCCC(=O)OCCCCCCCCCCCCCC/C=C\CCCCCCCCCCCCC(=O)NC(CO)C(O)/C=C/CCCCCCCCCCC. The van der Waals surface area contributed by atoms with Crippen LogP contribution in [0, 0.1) is 0 Å². The first-order valence-corrected chi connectivity index (χ1v) is 32.3. The van der Waals surface area contributed by atoms with Gasteiger partial charge in [0, 0.05) is 12.8 Å². The van der Waals surface area contributed by atoms with E-state index < -0.39 is 12.1 Å². The number of esters is 1. The summed E-state index contributed by atoms with van der Waals surface area (Å²) in [5, 5.41) is 23.0. The number of ether oxygens (including phenoxy) is 1. The Balaban J connectivity index is 3.37. The van der Waals surface area contributed by atoms with Crippen LogP contribution in [0.2, 0.25) is 0 Å². The largest absolute Gasteiger partial charge is 0.466 e. The van der Waals surface area contributed by atoms with Crippen molar-refractivity contribution in [2.24, 2.45) is 0 Å². The van der Waals surface area contributed by atoms with Crippen LogP contribution in [0.1, 0.15) is 348 Å². The number of hydrogen-bond donors (Lipinski definition) is 3. The average molecular weight is 1010 g/mol. The number of carbonyl (C=O) groups is 2. The van der Waals surface area contributed by atoms with Crippen molar-refractivity contribution in [1.82, 2.24) is 5.32 Å². The molecule has 3 N–H and O–H groups in total. The van der Waals surface area contributed by atoms with E-state index in [0.717, 1.165) is 44.9 Å². The summed E-state index contributed by atoms with van der Waals surface area (Å²) >= 11 is 0. The van der Waals surface area contributed by atoms with E-state index in [1.807, 2.05) is 6.08 Å². The van der Waals surface area contributed by atoms with Crippen LogP contribution in [-0.2, 0) is 14.3 Å². The van der Waals surface area contributed by atoms with Gasteiger partial charge in [-0.2, -0.15) is 0 Å². The second-order valence-corrected chi connectivity index (χ2v) is 22.1. The molecular weight excluding hydrogens is 887 g/mol. The summed E-state index contributed by atoms with van der Waals surface area (Å²) in [5.74, 6) is -0.0595. The second kappa shape index (κ2) is 61.6. The number of aliphatic hydroxyl groups excluding tert-OH is 2. The van der Waals surface area contributed by atoms with Gasteiger partial charge in [-0.1, -0.05) is 288 Å². The molecule has 0 heterocycles. The van der Waals surface area contributed by atoms with E-state index >= 15 is 0 Å². The Morgan fingerprint density at radius 3 is 0.986 bits per heavy atom. The Bertz CT molecular complexity index is 1170. The van der Waals surface area contributed by atoms with Crippen molar-refractivity contribution < 1.29 is 24.5 Å². The van der Waals surface area contributed by atoms with Crippen molar-refractivity contribution in [2.45, 2.75) is 360 Å². The van der Waals surface area contributed by atoms with Gasteiger partial charge in [0.05, 0.1) is 25.4 Å². The molecule has 0 saturated heterocycles. The van der Waals surface area contributed by atoms with Crippen LogP contribution in [0.3, 0.4) is 0 Å². The first-order valence-electron chi connectivity index (χ1n) is 32.3. The van der Waals surface area contributed by atoms with E-state index in [2.05, 4.69) is 43.5 Å². The number of allylic oxidation sites excluding steroid dienone is 5. The molecule has 2 unspecified atom stereocenters. The van der Waals surface area contributed by atoms with Crippen molar-refractivity contribution in [3.05, 3.63) is 36.5 Å². The number of aliphatic hydroxyl groups is 2. The smallest absolute Gasteiger partial charge is 0.305 e. The molecule has 6 heteroatoms. The third-order valence-corrected chi connectivity index (χ3v) is 14.9. The van der Waals surface area contributed by atoms with E-state index in [1.54, 1.807) is 6.08 Å². The lowest BCUT2D eigenvalue weighted by atomic mass is 10.0.